The highest BCUT2D eigenvalue weighted by molar-refractivity contribution is 7.80. The van der Waals surface area contributed by atoms with Crippen LogP contribution in [0.4, 0.5) is 14.5 Å². The number of morpholine rings is 1. The molecule has 0 radical (unpaired) electrons. The number of thiocarbonyl (C=S) groups is 1. The van der Waals surface area contributed by atoms with Crippen molar-refractivity contribution >= 4 is 23.0 Å². The van der Waals surface area contributed by atoms with Gasteiger partial charge in [-0.2, -0.15) is 8.78 Å². The van der Waals surface area contributed by atoms with E-state index in [0.717, 1.165) is 29.5 Å². The van der Waals surface area contributed by atoms with E-state index >= 15 is 0 Å². The van der Waals surface area contributed by atoms with Crippen molar-refractivity contribution in [2.45, 2.75) is 13.0 Å². The molecule has 0 saturated carbocycles. The average molecular weight is 430 g/mol. The van der Waals surface area contributed by atoms with E-state index in [1.165, 1.54) is 0 Å². The molecule has 2 heterocycles. The molecule has 0 aliphatic carbocycles. The molecule has 1 aromatic heterocycles. The summed E-state index contributed by atoms with van der Waals surface area (Å²) >= 11 is 5.80. The lowest BCUT2D eigenvalue weighted by Gasteiger charge is -2.36. The molecule has 4 rings (SSSR count). The van der Waals surface area contributed by atoms with E-state index in [1.54, 1.807) is 12.1 Å². The van der Waals surface area contributed by atoms with Gasteiger partial charge in [0.05, 0.1) is 19.8 Å². The van der Waals surface area contributed by atoms with Gasteiger partial charge in [0, 0.05) is 24.3 Å². The van der Waals surface area contributed by atoms with Crippen LogP contribution in [-0.4, -0.2) is 46.5 Å². The van der Waals surface area contributed by atoms with Crippen molar-refractivity contribution in [1.82, 2.24) is 15.1 Å². The highest BCUT2D eigenvalue weighted by Gasteiger charge is 2.21. The zero-order chi connectivity index (χ0) is 20.9. The molecule has 0 N–H and O–H groups in total. The molecule has 0 unspecified atom stereocenters. The van der Waals surface area contributed by atoms with E-state index in [9.17, 15) is 8.78 Å². The third-order valence-electron chi connectivity index (χ3n) is 4.75. The van der Waals surface area contributed by atoms with Crippen molar-refractivity contribution in [3.63, 3.8) is 0 Å². The van der Waals surface area contributed by atoms with Crippen molar-refractivity contribution < 1.29 is 17.9 Å². The quantitative estimate of drug-likeness (QED) is 0.560. The van der Waals surface area contributed by atoms with Crippen LogP contribution in [-0.2, 0) is 11.3 Å². The van der Waals surface area contributed by atoms with Crippen LogP contribution in [0.1, 0.15) is 17.9 Å². The Morgan fingerprint density at radius 2 is 1.73 bits per heavy atom. The molecule has 1 aliphatic rings. The summed E-state index contributed by atoms with van der Waals surface area (Å²) in [7, 11) is 0. The number of nitrogens with zero attached hydrogens (tertiary/aromatic N) is 4. The summed E-state index contributed by atoms with van der Waals surface area (Å²) in [5.74, 6) is -0.610. The molecular weight excluding hydrogens is 410 g/mol. The molecule has 30 heavy (non-hydrogen) atoms. The monoisotopic (exact) mass is 430 g/mol. The van der Waals surface area contributed by atoms with E-state index in [4.69, 9.17) is 21.4 Å². The number of hydrogen-bond donors (Lipinski definition) is 0. The van der Waals surface area contributed by atoms with Gasteiger partial charge in [-0.3, -0.25) is 0 Å². The van der Waals surface area contributed by atoms with Gasteiger partial charge in [0.2, 0.25) is 5.89 Å². The average Bonchev–Trinajstić information content (AvgIpc) is 3.29. The normalized spacial score (nSPS) is 14.2. The van der Waals surface area contributed by atoms with Crippen molar-refractivity contribution in [2.24, 2.45) is 0 Å². The predicted molar refractivity (Wildman–Crippen MR) is 112 cm³/mol. The zero-order valence-corrected chi connectivity index (χ0v) is 16.9. The first-order valence-corrected chi connectivity index (χ1v) is 9.93. The Labute approximate surface area is 178 Å². The lowest BCUT2D eigenvalue weighted by atomic mass is 10.1. The minimum Gasteiger partial charge on any atom is -0.415 e. The minimum absolute atomic E-state index is 0.0700. The van der Waals surface area contributed by atoms with Crippen LogP contribution < -0.4 is 4.90 Å². The van der Waals surface area contributed by atoms with Crippen molar-refractivity contribution in [1.29, 1.82) is 0 Å². The first-order chi connectivity index (χ1) is 14.6. The van der Waals surface area contributed by atoms with Gasteiger partial charge in [-0.05, 0) is 42.0 Å². The van der Waals surface area contributed by atoms with Gasteiger partial charge in [0.25, 0.3) is 5.89 Å². The number of aromatic nitrogens is 2. The number of rotatable bonds is 5. The standard InChI is InChI=1S/C21H20F2N4O2S/c22-18(23)20-25-24-19(29-20)16-8-6-15(7-9-16)14-27(17-4-2-1-3-5-17)21(30)26-10-12-28-13-11-26/h1-9,18H,10-14H2. The Balaban J connectivity index is 1.54. The van der Waals surface area contributed by atoms with Crippen molar-refractivity contribution in [3.8, 4) is 11.5 Å². The summed E-state index contributed by atoms with van der Waals surface area (Å²) in [5, 5.41) is 7.80. The topological polar surface area (TPSA) is 54.6 Å². The molecule has 6 nitrogen and oxygen atoms in total. The predicted octanol–water partition coefficient (Wildman–Crippen LogP) is 4.30. The van der Waals surface area contributed by atoms with Gasteiger partial charge in [-0.25, -0.2) is 0 Å². The largest absolute Gasteiger partial charge is 0.415 e. The second kappa shape index (κ2) is 9.27. The first kappa shape index (κ1) is 20.4. The SMILES string of the molecule is FC(F)c1nnc(-c2ccc(CN(C(=S)N3CCOCC3)c3ccccc3)cc2)o1. The molecule has 1 aliphatic heterocycles. The van der Waals surface area contributed by atoms with Crippen LogP contribution in [0.3, 0.4) is 0 Å². The Kier molecular flexibility index (Phi) is 6.29. The van der Waals surface area contributed by atoms with E-state index in [2.05, 4.69) is 20.0 Å². The molecule has 0 spiro atoms. The molecule has 9 heteroatoms. The number of anilines is 1. The fraction of sp³-hybridized carbons (Fsp3) is 0.286. The summed E-state index contributed by atoms with van der Waals surface area (Å²) in [4.78, 5) is 4.22. The molecule has 0 bridgehead atoms. The third kappa shape index (κ3) is 4.63. The Hall–Kier alpha value is -2.91. The molecular formula is C21H20F2N4O2S. The van der Waals surface area contributed by atoms with Crippen LogP contribution in [0.2, 0.25) is 0 Å². The van der Waals surface area contributed by atoms with Gasteiger partial charge in [0.1, 0.15) is 0 Å². The Morgan fingerprint density at radius 3 is 2.37 bits per heavy atom. The van der Waals surface area contributed by atoms with Gasteiger partial charge in [0.15, 0.2) is 5.11 Å². The molecule has 1 fully saturated rings. The molecule has 3 aromatic rings. The fourth-order valence-electron chi connectivity index (χ4n) is 3.18. The molecule has 156 valence electrons. The van der Waals surface area contributed by atoms with E-state index < -0.39 is 12.3 Å². The lowest BCUT2D eigenvalue weighted by molar-refractivity contribution is 0.0683. The first-order valence-electron chi connectivity index (χ1n) is 9.52. The number of alkyl halides is 2. The second-order valence-electron chi connectivity index (χ2n) is 6.75. The second-order valence-corrected chi connectivity index (χ2v) is 7.11. The molecule has 1 saturated heterocycles. The van der Waals surface area contributed by atoms with Crippen LogP contribution in [0.5, 0.6) is 0 Å². The van der Waals surface area contributed by atoms with E-state index in [0.29, 0.717) is 25.3 Å². The molecule has 0 atom stereocenters. The fourth-order valence-corrected chi connectivity index (χ4v) is 3.53. The summed E-state index contributed by atoms with van der Waals surface area (Å²) < 4.78 is 35.8. The van der Waals surface area contributed by atoms with Gasteiger partial charge >= 0.3 is 6.43 Å². The van der Waals surface area contributed by atoms with Crippen LogP contribution in [0, 0.1) is 0 Å². The number of para-hydroxylation sites is 1. The number of hydrogen-bond acceptors (Lipinski definition) is 5. The summed E-state index contributed by atoms with van der Waals surface area (Å²) in [6.45, 7) is 3.38. The van der Waals surface area contributed by atoms with Crippen LogP contribution in [0.15, 0.2) is 59.0 Å². The maximum Gasteiger partial charge on any atom is 0.314 e. The summed E-state index contributed by atoms with van der Waals surface area (Å²) in [5.41, 5.74) is 2.59. The van der Waals surface area contributed by atoms with Crippen LogP contribution >= 0.6 is 12.2 Å². The minimum atomic E-state index is -2.79. The zero-order valence-electron chi connectivity index (χ0n) is 16.1. The maximum absolute atomic E-state index is 12.7. The Bertz CT molecular complexity index is 976. The number of halogens is 2. The number of ether oxygens (including phenoxy) is 1. The summed E-state index contributed by atoms with van der Waals surface area (Å²) in [6.07, 6.45) is -2.79. The van der Waals surface area contributed by atoms with E-state index in [-0.39, 0.29) is 5.89 Å². The highest BCUT2D eigenvalue weighted by atomic mass is 32.1. The smallest absolute Gasteiger partial charge is 0.314 e. The van der Waals surface area contributed by atoms with Crippen molar-refractivity contribution in [2.75, 3.05) is 31.2 Å². The van der Waals surface area contributed by atoms with Gasteiger partial charge < -0.3 is 19.0 Å². The summed E-state index contributed by atoms with van der Waals surface area (Å²) in [6, 6.07) is 17.3. The molecule has 0 amide bonds. The van der Waals surface area contributed by atoms with Gasteiger partial charge in [-0.1, -0.05) is 30.3 Å². The Morgan fingerprint density at radius 1 is 1.03 bits per heavy atom. The maximum atomic E-state index is 12.7. The lowest BCUT2D eigenvalue weighted by Crippen LogP contribution is -2.48. The number of benzene rings is 2. The van der Waals surface area contributed by atoms with Crippen molar-refractivity contribution in [3.05, 3.63) is 66.1 Å². The highest BCUT2D eigenvalue weighted by Crippen LogP contribution is 2.25. The van der Waals surface area contributed by atoms with E-state index in [1.807, 2.05) is 42.5 Å². The third-order valence-corrected chi connectivity index (χ3v) is 5.23. The van der Waals surface area contributed by atoms with Gasteiger partial charge in [-0.15, -0.1) is 10.2 Å². The van der Waals surface area contributed by atoms with Crippen LogP contribution in [0.25, 0.3) is 11.5 Å². The molecule has 2 aromatic carbocycles.